The van der Waals surface area contributed by atoms with Gasteiger partial charge >= 0.3 is 0 Å². The molecule has 0 saturated heterocycles. The lowest BCUT2D eigenvalue weighted by atomic mass is 10.1. The fraction of sp³-hybridized carbons (Fsp3) is 0.167. The summed E-state index contributed by atoms with van der Waals surface area (Å²) < 4.78 is 5.11. The number of amidine groups is 1. The molecule has 0 aliphatic carbocycles. The molecule has 2 N–H and O–H groups in total. The molecule has 0 bridgehead atoms. The number of carbonyl (C=O) groups is 1. The van der Waals surface area contributed by atoms with Crippen LogP contribution in [0.1, 0.15) is 11.7 Å². The van der Waals surface area contributed by atoms with Gasteiger partial charge in [-0.2, -0.15) is 0 Å². The van der Waals surface area contributed by atoms with Crippen molar-refractivity contribution >= 4 is 28.5 Å². The van der Waals surface area contributed by atoms with Crippen molar-refractivity contribution in [2.75, 3.05) is 13.4 Å². The molecule has 2 aromatic carbocycles. The fourth-order valence-electron chi connectivity index (χ4n) is 3.00. The maximum atomic E-state index is 12.7. The highest BCUT2D eigenvalue weighted by Crippen LogP contribution is 2.35. The van der Waals surface area contributed by atoms with E-state index in [9.17, 15) is 9.90 Å². The van der Waals surface area contributed by atoms with Crippen LogP contribution in [0.4, 0.5) is 0 Å². The third-order valence-corrected chi connectivity index (χ3v) is 4.78. The number of ether oxygens (including phenoxy) is 1. The summed E-state index contributed by atoms with van der Waals surface area (Å²) in [7, 11) is 1.49. The number of amides is 1. The molecule has 0 fully saturated rings. The minimum Gasteiger partial charge on any atom is -0.504 e. The molecule has 132 valence electrons. The van der Waals surface area contributed by atoms with Crippen LogP contribution in [0.15, 0.2) is 52.6 Å². The van der Waals surface area contributed by atoms with Gasteiger partial charge in [-0.1, -0.05) is 36.0 Å². The number of hydrogen-bond donors (Lipinski definition) is 2. The van der Waals surface area contributed by atoms with Crippen molar-refractivity contribution in [3.05, 3.63) is 58.6 Å². The van der Waals surface area contributed by atoms with E-state index in [0.717, 1.165) is 5.22 Å². The Kier molecular flexibility index (Phi) is 4.04. The molecular weight excluding hydrogens is 352 g/mol. The molecule has 0 spiro atoms. The van der Waals surface area contributed by atoms with Gasteiger partial charge in [0.05, 0.1) is 12.5 Å². The first-order valence-electron chi connectivity index (χ1n) is 7.89. The number of hydrogen-bond acceptors (Lipinski definition) is 7. The van der Waals surface area contributed by atoms with E-state index in [-0.39, 0.29) is 11.7 Å². The van der Waals surface area contributed by atoms with Crippen molar-refractivity contribution in [3.63, 3.8) is 0 Å². The fourth-order valence-corrected chi connectivity index (χ4v) is 3.37. The van der Waals surface area contributed by atoms with Crippen LogP contribution in [-0.2, 0) is 4.79 Å². The molecule has 2 aromatic rings. The molecule has 26 heavy (non-hydrogen) atoms. The van der Waals surface area contributed by atoms with Crippen LogP contribution in [0.3, 0.4) is 0 Å². The molecule has 8 heteroatoms. The number of phenols is 1. The van der Waals surface area contributed by atoms with E-state index >= 15 is 0 Å². The Bertz CT molecular complexity index is 1050. The molecule has 1 amide bonds. The van der Waals surface area contributed by atoms with Gasteiger partial charge in [0.15, 0.2) is 22.8 Å². The lowest BCUT2D eigenvalue weighted by Gasteiger charge is -2.33. The quantitative estimate of drug-likeness (QED) is 0.823. The molecule has 1 unspecified atom stereocenters. The summed E-state index contributed by atoms with van der Waals surface area (Å²) in [6, 6.07) is 12.5. The molecule has 0 radical (unpaired) electrons. The number of rotatable bonds is 2. The Morgan fingerprint density at radius 2 is 2.08 bits per heavy atom. The van der Waals surface area contributed by atoms with Gasteiger partial charge in [-0.05, 0) is 24.5 Å². The molecule has 2 aliphatic heterocycles. The number of fused-ring (bicyclic) bond motifs is 2. The summed E-state index contributed by atoms with van der Waals surface area (Å²) in [5, 5.41) is 21.0. The Morgan fingerprint density at radius 3 is 2.81 bits per heavy atom. The molecular formula is C18H16N4O3S. The standard InChI is InChI=1S/C18H16N4O3S/c1-25-14-8-7-10(9-13(14)23)16-19-12-6-4-3-5-11(12)15-17(24)20-18(26-2)21-22(15)16/h3-9,16,23H,1-2H3,(H,20,21,24). The predicted octanol–water partition coefficient (Wildman–Crippen LogP) is 0.907. The molecule has 0 aromatic heterocycles. The number of carbonyl (C=O) groups excluding carboxylic acids is 1. The van der Waals surface area contributed by atoms with Gasteiger partial charge in [-0.15, -0.1) is 5.10 Å². The zero-order valence-corrected chi connectivity index (χ0v) is 14.9. The highest BCUT2D eigenvalue weighted by Gasteiger charge is 2.34. The van der Waals surface area contributed by atoms with Gasteiger partial charge in [-0.25, -0.2) is 5.01 Å². The van der Waals surface area contributed by atoms with Crippen LogP contribution in [0.25, 0.3) is 5.70 Å². The Hall–Kier alpha value is -3.00. The van der Waals surface area contributed by atoms with Crippen LogP contribution in [0.2, 0.25) is 0 Å². The molecule has 7 nitrogen and oxygen atoms in total. The normalized spacial score (nSPS) is 18.3. The molecule has 2 aliphatic rings. The maximum Gasteiger partial charge on any atom is 0.276 e. The van der Waals surface area contributed by atoms with Crippen molar-refractivity contribution in [2.45, 2.75) is 6.17 Å². The van der Waals surface area contributed by atoms with Crippen LogP contribution >= 0.6 is 11.8 Å². The van der Waals surface area contributed by atoms with Crippen LogP contribution in [-0.4, -0.2) is 34.6 Å². The number of aromatic hydroxyl groups is 1. The van der Waals surface area contributed by atoms with Crippen LogP contribution < -0.4 is 20.6 Å². The third-order valence-electron chi connectivity index (χ3n) is 4.21. The number of para-hydroxylation sites is 1. The molecule has 1 atom stereocenters. The monoisotopic (exact) mass is 368 g/mol. The van der Waals surface area contributed by atoms with E-state index in [2.05, 4.69) is 10.4 Å². The second-order valence-electron chi connectivity index (χ2n) is 5.71. The minimum absolute atomic E-state index is 0.0103. The lowest BCUT2D eigenvalue weighted by molar-refractivity contribution is -0.116. The second kappa shape index (κ2) is 6.38. The highest BCUT2D eigenvalue weighted by molar-refractivity contribution is 8.13. The molecule has 2 heterocycles. The lowest BCUT2D eigenvalue weighted by Crippen LogP contribution is -2.50. The SMILES string of the molecule is COc1ccc(C2N=c3ccccc3=C3C(=O)NC(SC)=NN32)cc1O. The van der Waals surface area contributed by atoms with Crippen molar-refractivity contribution in [1.29, 1.82) is 0 Å². The Labute approximate surface area is 153 Å². The average molecular weight is 368 g/mol. The summed E-state index contributed by atoms with van der Waals surface area (Å²) in [5.74, 6) is 0.157. The van der Waals surface area contributed by atoms with Crippen LogP contribution in [0, 0.1) is 0 Å². The van der Waals surface area contributed by atoms with E-state index in [1.165, 1.54) is 18.9 Å². The zero-order chi connectivity index (χ0) is 18.3. The van der Waals surface area contributed by atoms with Gasteiger partial charge in [0.25, 0.3) is 5.91 Å². The number of hydrazone groups is 1. The molecule has 0 saturated carbocycles. The first-order chi connectivity index (χ1) is 12.6. The number of methoxy groups -OCH3 is 1. The van der Waals surface area contributed by atoms with Gasteiger partial charge in [0.2, 0.25) is 0 Å². The van der Waals surface area contributed by atoms with Crippen molar-refractivity contribution < 1.29 is 14.6 Å². The van der Waals surface area contributed by atoms with E-state index < -0.39 is 6.17 Å². The predicted molar refractivity (Wildman–Crippen MR) is 99.0 cm³/mol. The number of phenolic OH excluding ortho intramolecular Hbond substituents is 1. The van der Waals surface area contributed by atoms with E-state index in [4.69, 9.17) is 9.73 Å². The highest BCUT2D eigenvalue weighted by atomic mass is 32.2. The number of thioether (sulfide) groups is 1. The average Bonchev–Trinajstić information content (AvgIpc) is 2.66. The summed E-state index contributed by atoms with van der Waals surface area (Å²) in [6.45, 7) is 0. The summed E-state index contributed by atoms with van der Waals surface area (Å²) in [6.07, 6.45) is 1.28. The summed E-state index contributed by atoms with van der Waals surface area (Å²) >= 11 is 1.34. The number of benzene rings is 2. The zero-order valence-electron chi connectivity index (χ0n) is 14.1. The van der Waals surface area contributed by atoms with Crippen LogP contribution in [0.5, 0.6) is 11.5 Å². The Balaban J connectivity index is 1.95. The first kappa shape index (κ1) is 16.5. The second-order valence-corrected chi connectivity index (χ2v) is 6.50. The topological polar surface area (TPSA) is 86.5 Å². The van der Waals surface area contributed by atoms with Gasteiger partial charge < -0.3 is 9.84 Å². The first-order valence-corrected chi connectivity index (χ1v) is 9.12. The third kappa shape index (κ3) is 2.59. The smallest absolute Gasteiger partial charge is 0.276 e. The van der Waals surface area contributed by atoms with E-state index in [0.29, 0.717) is 27.5 Å². The van der Waals surface area contributed by atoms with Gasteiger partial charge in [-0.3, -0.25) is 15.1 Å². The number of nitrogens with zero attached hydrogens (tertiary/aromatic N) is 3. The minimum atomic E-state index is -0.565. The Morgan fingerprint density at radius 1 is 1.27 bits per heavy atom. The number of nitrogens with one attached hydrogen (secondary N) is 1. The van der Waals surface area contributed by atoms with Crippen molar-refractivity contribution in [3.8, 4) is 11.5 Å². The largest absolute Gasteiger partial charge is 0.504 e. The molecule has 4 rings (SSSR count). The van der Waals surface area contributed by atoms with E-state index in [1.54, 1.807) is 23.2 Å². The summed E-state index contributed by atoms with van der Waals surface area (Å²) in [4.78, 5) is 17.5. The van der Waals surface area contributed by atoms with Gasteiger partial charge in [0, 0.05) is 10.8 Å². The van der Waals surface area contributed by atoms with E-state index in [1.807, 2.05) is 30.5 Å². The van der Waals surface area contributed by atoms with Crippen molar-refractivity contribution in [1.82, 2.24) is 10.3 Å². The van der Waals surface area contributed by atoms with Crippen molar-refractivity contribution in [2.24, 2.45) is 10.1 Å². The van der Waals surface area contributed by atoms with Gasteiger partial charge in [0.1, 0.15) is 5.70 Å². The maximum absolute atomic E-state index is 12.7. The summed E-state index contributed by atoms with van der Waals surface area (Å²) in [5.41, 5.74) is 1.14.